The van der Waals surface area contributed by atoms with E-state index in [9.17, 15) is 9.90 Å². The van der Waals surface area contributed by atoms with Crippen molar-refractivity contribution in [3.63, 3.8) is 0 Å². The molecule has 72 valence electrons. The summed E-state index contributed by atoms with van der Waals surface area (Å²) in [6.07, 6.45) is 0. The van der Waals surface area contributed by atoms with Crippen molar-refractivity contribution in [3.05, 3.63) is 28.1 Å². The van der Waals surface area contributed by atoms with Gasteiger partial charge in [0.25, 0.3) is 0 Å². The van der Waals surface area contributed by atoms with E-state index in [4.69, 9.17) is 16.4 Å². The fraction of sp³-hybridized carbons (Fsp3) is 0. The van der Waals surface area contributed by atoms with E-state index in [-0.39, 0.29) is 11.4 Å². The first-order valence-electron chi connectivity index (χ1n) is 3.47. The molecule has 1 rings (SSSR count). The minimum absolute atomic E-state index is 0.0908. The molecule has 0 atom stereocenters. The summed E-state index contributed by atoms with van der Waals surface area (Å²) < 4.78 is 0. The minimum Gasteiger partial charge on any atom is -0.506 e. The zero-order chi connectivity index (χ0) is 10.7. The lowest BCUT2D eigenvalue weighted by atomic mass is 10.1. The first kappa shape index (κ1) is 9.69. The summed E-state index contributed by atoms with van der Waals surface area (Å²) in [5.74, 6) is -2.01. The Kier molecular flexibility index (Phi) is 2.45. The third kappa shape index (κ3) is 1.52. The Morgan fingerprint density at radius 2 is 2.21 bits per heavy atom. The number of anilines is 1. The summed E-state index contributed by atoms with van der Waals surface area (Å²) in [7, 11) is 0. The molecule has 0 spiro atoms. The molecule has 4 N–H and O–H groups in total. The van der Waals surface area contributed by atoms with Crippen LogP contribution in [0.3, 0.4) is 0 Å². The van der Waals surface area contributed by atoms with Crippen LogP contribution in [0.2, 0.25) is 0 Å². The topological polar surface area (TPSA) is 132 Å². The second kappa shape index (κ2) is 3.55. The van der Waals surface area contributed by atoms with Gasteiger partial charge in [0.1, 0.15) is 11.3 Å². The van der Waals surface area contributed by atoms with Crippen LogP contribution in [0.5, 0.6) is 5.75 Å². The molecular weight excluding hydrogens is 188 g/mol. The average molecular weight is 194 g/mol. The van der Waals surface area contributed by atoms with Crippen LogP contribution in [0.15, 0.2) is 17.2 Å². The highest BCUT2D eigenvalue weighted by molar-refractivity contribution is 5.98. The Hall–Kier alpha value is -2.40. The van der Waals surface area contributed by atoms with Gasteiger partial charge in [-0.15, -0.1) is 0 Å². The van der Waals surface area contributed by atoms with Gasteiger partial charge in [-0.3, -0.25) is 0 Å². The normalized spacial score (nSPS) is 9.14. The van der Waals surface area contributed by atoms with Gasteiger partial charge in [-0.1, -0.05) is 5.11 Å². The summed E-state index contributed by atoms with van der Waals surface area (Å²) >= 11 is 0. The molecule has 7 nitrogen and oxygen atoms in total. The zero-order valence-corrected chi connectivity index (χ0v) is 6.88. The fourth-order valence-corrected chi connectivity index (χ4v) is 0.949. The molecule has 0 heterocycles. The van der Waals surface area contributed by atoms with E-state index in [0.29, 0.717) is 0 Å². The number of azide groups is 1. The van der Waals surface area contributed by atoms with Gasteiger partial charge in [0.15, 0.2) is 0 Å². The van der Waals surface area contributed by atoms with Crippen LogP contribution >= 0.6 is 0 Å². The molecule has 7 heteroatoms. The lowest BCUT2D eigenvalue weighted by Crippen LogP contribution is -2.02. The number of hydrogen-bond acceptors (Lipinski definition) is 4. The molecule has 0 aliphatic rings. The number of carboxylic acids is 1. The standard InChI is InChI=1S/C7H6N4O3/c8-3-1-2-4(10-11-9)6(12)5(3)7(13)14/h1-2,12H,8H2,(H,13,14). The van der Waals surface area contributed by atoms with Crippen molar-refractivity contribution in [2.24, 2.45) is 5.11 Å². The van der Waals surface area contributed by atoms with E-state index < -0.39 is 17.3 Å². The van der Waals surface area contributed by atoms with Gasteiger partial charge in [-0.25, -0.2) is 4.79 Å². The number of nitrogens with two attached hydrogens (primary N) is 1. The lowest BCUT2D eigenvalue weighted by Gasteiger charge is -2.05. The minimum atomic E-state index is -1.38. The Morgan fingerprint density at radius 1 is 1.57 bits per heavy atom. The molecule has 0 saturated heterocycles. The van der Waals surface area contributed by atoms with Crippen LogP contribution in [-0.4, -0.2) is 16.2 Å². The Morgan fingerprint density at radius 3 is 2.71 bits per heavy atom. The first-order chi connectivity index (χ1) is 6.57. The van der Waals surface area contributed by atoms with Crippen molar-refractivity contribution in [3.8, 4) is 5.75 Å². The number of benzene rings is 1. The number of carboxylic acid groups (broad SMARTS) is 1. The number of rotatable bonds is 2. The number of phenols is 1. The van der Waals surface area contributed by atoms with Gasteiger partial charge in [-0.2, -0.15) is 0 Å². The van der Waals surface area contributed by atoms with Crippen LogP contribution in [0.1, 0.15) is 10.4 Å². The van der Waals surface area contributed by atoms with E-state index in [1.807, 2.05) is 0 Å². The van der Waals surface area contributed by atoms with Crippen LogP contribution in [-0.2, 0) is 0 Å². The van der Waals surface area contributed by atoms with E-state index in [1.54, 1.807) is 0 Å². The van der Waals surface area contributed by atoms with Gasteiger partial charge in [0, 0.05) is 10.6 Å². The largest absolute Gasteiger partial charge is 0.506 e. The smallest absolute Gasteiger partial charge is 0.341 e. The van der Waals surface area contributed by atoms with Gasteiger partial charge in [0.2, 0.25) is 0 Å². The van der Waals surface area contributed by atoms with Crippen molar-refractivity contribution in [2.75, 3.05) is 5.73 Å². The Balaban J connectivity index is 3.48. The van der Waals surface area contributed by atoms with Gasteiger partial charge in [-0.05, 0) is 17.7 Å². The summed E-state index contributed by atoms with van der Waals surface area (Å²) in [5.41, 5.74) is 12.7. The third-order valence-electron chi connectivity index (χ3n) is 1.56. The predicted molar refractivity (Wildman–Crippen MR) is 48.3 cm³/mol. The van der Waals surface area contributed by atoms with Gasteiger partial charge >= 0.3 is 5.97 Å². The van der Waals surface area contributed by atoms with E-state index in [1.165, 1.54) is 12.1 Å². The van der Waals surface area contributed by atoms with Crippen molar-refractivity contribution in [1.29, 1.82) is 0 Å². The van der Waals surface area contributed by atoms with E-state index >= 15 is 0 Å². The van der Waals surface area contributed by atoms with Crippen LogP contribution in [0.25, 0.3) is 10.4 Å². The Bertz CT molecular complexity index is 437. The van der Waals surface area contributed by atoms with Crippen molar-refractivity contribution in [2.45, 2.75) is 0 Å². The molecular formula is C7H6N4O3. The molecule has 0 fully saturated rings. The number of aromatic hydroxyl groups is 1. The van der Waals surface area contributed by atoms with Gasteiger partial charge < -0.3 is 15.9 Å². The Labute approximate surface area is 78.0 Å². The molecule has 0 aromatic heterocycles. The number of nitrogen functional groups attached to an aromatic ring is 1. The maximum Gasteiger partial charge on any atom is 0.341 e. The molecule has 0 amide bonds. The highest BCUT2D eigenvalue weighted by Crippen LogP contribution is 2.33. The first-order valence-corrected chi connectivity index (χ1v) is 3.47. The lowest BCUT2D eigenvalue weighted by molar-refractivity contribution is 0.0695. The predicted octanol–water partition coefficient (Wildman–Crippen LogP) is 1.61. The maximum atomic E-state index is 10.6. The molecule has 14 heavy (non-hydrogen) atoms. The van der Waals surface area contributed by atoms with Crippen molar-refractivity contribution in [1.82, 2.24) is 0 Å². The number of hydrogen-bond donors (Lipinski definition) is 3. The highest BCUT2D eigenvalue weighted by Gasteiger charge is 2.16. The van der Waals surface area contributed by atoms with E-state index in [2.05, 4.69) is 10.0 Å². The quantitative estimate of drug-likeness (QED) is 0.285. The molecule has 1 aromatic carbocycles. The highest BCUT2D eigenvalue weighted by atomic mass is 16.4. The van der Waals surface area contributed by atoms with Crippen LogP contribution < -0.4 is 5.73 Å². The number of aromatic carboxylic acids is 1. The van der Waals surface area contributed by atoms with Crippen LogP contribution in [0.4, 0.5) is 11.4 Å². The van der Waals surface area contributed by atoms with Gasteiger partial charge in [0.05, 0.1) is 5.69 Å². The molecule has 0 saturated carbocycles. The van der Waals surface area contributed by atoms with Crippen molar-refractivity contribution < 1.29 is 15.0 Å². The summed E-state index contributed by atoms with van der Waals surface area (Å²) in [5, 5.41) is 21.1. The second-order valence-electron chi connectivity index (χ2n) is 2.39. The fourth-order valence-electron chi connectivity index (χ4n) is 0.949. The van der Waals surface area contributed by atoms with Crippen molar-refractivity contribution >= 4 is 17.3 Å². The zero-order valence-electron chi connectivity index (χ0n) is 6.88. The molecule has 0 aliphatic heterocycles. The maximum absolute atomic E-state index is 10.6. The summed E-state index contributed by atoms with van der Waals surface area (Å²) in [4.78, 5) is 13.1. The monoisotopic (exact) mass is 194 g/mol. The summed E-state index contributed by atoms with van der Waals surface area (Å²) in [6, 6.07) is 2.48. The average Bonchev–Trinajstić information content (AvgIpc) is 2.10. The number of carbonyl (C=O) groups is 1. The second-order valence-corrected chi connectivity index (χ2v) is 2.39. The summed E-state index contributed by atoms with van der Waals surface area (Å²) in [6.45, 7) is 0. The molecule has 0 bridgehead atoms. The number of nitrogens with zero attached hydrogens (tertiary/aromatic N) is 3. The molecule has 0 unspecified atom stereocenters. The molecule has 1 aromatic rings. The molecule has 0 radical (unpaired) electrons. The molecule has 0 aliphatic carbocycles. The van der Waals surface area contributed by atoms with E-state index in [0.717, 1.165) is 0 Å². The third-order valence-corrected chi connectivity index (χ3v) is 1.56. The van der Waals surface area contributed by atoms with Crippen LogP contribution in [0, 0.1) is 0 Å². The SMILES string of the molecule is [N-]=[N+]=Nc1ccc(N)c(C(=O)O)c1O.